The summed E-state index contributed by atoms with van der Waals surface area (Å²) in [5.74, 6) is -0.0303. The van der Waals surface area contributed by atoms with E-state index in [-0.39, 0.29) is 12.2 Å². The number of aromatic nitrogens is 3. The Labute approximate surface area is 149 Å². The van der Waals surface area contributed by atoms with Crippen molar-refractivity contribution in [2.45, 2.75) is 39.7 Å². The summed E-state index contributed by atoms with van der Waals surface area (Å²) in [5, 5.41) is 5.03. The highest BCUT2D eigenvalue weighted by molar-refractivity contribution is 7.16. The van der Waals surface area contributed by atoms with Gasteiger partial charge in [-0.05, 0) is 30.0 Å². The van der Waals surface area contributed by atoms with E-state index >= 15 is 0 Å². The van der Waals surface area contributed by atoms with Crippen molar-refractivity contribution in [3.05, 3.63) is 62.5 Å². The highest BCUT2D eigenvalue weighted by atomic mass is 32.1. The molecule has 0 aliphatic rings. The van der Waals surface area contributed by atoms with Crippen molar-refractivity contribution in [3.63, 3.8) is 0 Å². The molecule has 0 spiro atoms. The second-order valence-corrected chi connectivity index (χ2v) is 7.02. The van der Waals surface area contributed by atoms with Gasteiger partial charge in [0.15, 0.2) is 0 Å². The molecule has 130 valence electrons. The molecule has 7 heteroatoms. The molecule has 1 aromatic carbocycles. The summed E-state index contributed by atoms with van der Waals surface area (Å²) in [6, 6.07) is 8.68. The first-order chi connectivity index (χ1) is 12.0. The van der Waals surface area contributed by atoms with E-state index in [1.807, 2.05) is 19.1 Å². The molecule has 2 aromatic heterocycles. The topological polar surface area (TPSA) is 73.6 Å². The zero-order valence-corrected chi connectivity index (χ0v) is 15.2. The zero-order chi connectivity index (χ0) is 18.0. The van der Waals surface area contributed by atoms with E-state index in [1.54, 1.807) is 12.1 Å². The van der Waals surface area contributed by atoms with Crippen molar-refractivity contribution in [1.82, 2.24) is 14.6 Å². The van der Waals surface area contributed by atoms with Gasteiger partial charge in [0.2, 0.25) is 4.96 Å². The van der Waals surface area contributed by atoms with E-state index in [1.165, 1.54) is 21.9 Å². The van der Waals surface area contributed by atoms with Crippen LogP contribution in [0, 0.1) is 0 Å². The lowest BCUT2D eigenvalue weighted by Crippen LogP contribution is -2.16. The standard InChI is InChI=1S/C18H19N3O3S/c1-4-15-20-21-16(22)9-14(19-18(21)25-15)10-24-17(23)13-7-5-12(6-8-13)11(2)3/h5-9,11H,4,10H2,1-3H3. The van der Waals surface area contributed by atoms with E-state index in [9.17, 15) is 9.59 Å². The minimum absolute atomic E-state index is 0.0458. The number of aryl methyl sites for hydroxylation is 1. The molecule has 0 bridgehead atoms. The van der Waals surface area contributed by atoms with Gasteiger partial charge in [-0.3, -0.25) is 4.79 Å². The molecule has 2 heterocycles. The Hall–Kier alpha value is -2.54. The van der Waals surface area contributed by atoms with Crippen molar-refractivity contribution in [2.75, 3.05) is 0 Å². The summed E-state index contributed by atoms with van der Waals surface area (Å²) in [5.41, 5.74) is 1.79. The number of hydrogen-bond acceptors (Lipinski definition) is 6. The van der Waals surface area contributed by atoms with Crippen molar-refractivity contribution < 1.29 is 9.53 Å². The summed E-state index contributed by atoms with van der Waals surface area (Å²) >= 11 is 1.36. The number of nitrogens with zero attached hydrogens (tertiary/aromatic N) is 3. The van der Waals surface area contributed by atoms with Crippen molar-refractivity contribution in [3.8, 4) is 0 Å². The van der Waals surface area contributed by atoms with Gasteiger partial charge >= 0.3 is 5.97 Å². The molecule has 0 radical (unpaired) electrons. The summed E-state index contributed by atoms with van der Waals surface area (Å²) in [6.45, 7) is 6.11. The van der Waals surface area contributed by atoms with Crippen LogP contribution < -0.4 is 5.56 Å². The Bertz CT molecular complexity index is 958. The minimum Gasteiger partial charge on any atom is -0.456 e. The highest BCUT2D eigenvalue weighted by Gasteiger charge is 2.12. The lowest BCUT2D eigenvalue weighted by Gasteiger charge is -2.07. The Morgan fingerprint density at radius 2 is 2.00 bits per heavy atom. The van der Waals surface area contributed by atoms with E-state index in [0.717, 1.165) is 17.0 Å². The molecule has 6 nitrogen and oxygen atoms in total. The van der Waals surface area contributed by atoms with Gasteiger partial charge in [-0.1, -0.05) is 44.2 Å². The van der Waals surface area contributed by atoms with Crippen LogP contribution in [0.2, 0.25) is 0 Å². The van der Waals surface area contributed by atoms with Crippen molar-refractivity contribution in [1.29, 1.82) is 0 Å². The first-order valence-electron chi connectivity index (χ1n) is 8.13. The SMILES string of the molecule is CCc1nn2c(=O)cc(COC(=O)c3ccc(C(C)C)cc3)nc2s1. The molecular formula is C18H19N3O3S. The fourth-order valence-electron chi connectivity index (χ4n) is 2.34. The number of fused-ring (bicyclic) bond motifs is 1. The second kappa shape index (κ2) is 7.14. The van der Waals surface area contributed by atoms with Gasteiger partial charge in [0.05, 0.1) is 11.3 Å². The van der Waals surface area contributed by atoms with Crippen LogP contribution in [0.3, 0.4) is 0 Å². The average molecular weight is 357 g/mol. The van der Waals surface area contributed by atoms with Gasteiger partial charge in [0, 0.05) is 6.07 Å². The molecule has 0 N–H and O–H groups in total. The van der Waals surface area contributed by atoms with Gasteiger partial charge in [-0.25, -0.2) is 9.78 Å². The first-order valence-corrected chi connectivity index (χ1v) is 8.95. The smallest absolute Gasteiger partial charge is 0.338 e. The molecule has 0 atom stereocenters. The predicted octanol–water partition coefficient (Wildman–Crippen LogP) is 3.19. The molecule has 0 unspecified atom stereocenters. The van der Waals surface area contributed by atoms with Gasteiger partial charge in [0.25, 0.3) is 5.56 Å². The molecular weight excluding hydrogens is 338 g/mol. The van der Waals surface area contributed by atoms with Crippen LogP contribution in [0.25, 0.3) is 4.96 Å². The normalized spacial score (nSPS) is 11.2. The second-order valence-electron chi connectivity index (χ2n) is 5.98. The van der Waals surface area contributed by atoms with Gasteiger partial charge in [-0.15, -0.1) is 0 Å². The Morgan fingerprint density at radius 3 is 2.64 bits per heavy atom. The molecule has 0 saturated heterocycles. The van der Waals surface area contributed by atoms with Crippen LogP contribution in [-0.4, -0.2) is 20.6 Å². The fraction of sp³-hybridized carbons (Fsp3) is 0.333. The maximum atomic E-state index is 12.2. The lowest BCUT2D eigenvalue weighted by atomic mass is 10.0. The predicted molar refractivity (Wildman–Crippen MR) is 96.2 cm³/mol. The molecule has 0 saturated carbocycles. The number of hydrogen-bond donors (Lipinski definition) is 0. The molecule has 0 amide bonds. The first kappa shape index (κ1) is 17.3. The van der Waals surface area contributed by atoms with Gasteiger partial charge < -0.3 is 4.74 Å². The van der Waals surface area contributed by atoms with E-state index < -0.39 is 5.97 Å². The monoisotopic (exact) mass is 357 g/mol. The molecule has 25 heavy (non-hydrogen) atoms. The van der Waals surface area contributed by atoms with Crippen molar-refractivity contribution >= 4 is 22.3 Å². The van der Waals surface area contributed by atoms with E-state index in [2.05, 4.69) is 23.9 Å². The summed E-state index contributed by atoms with van der Waals surface area (Å²) < 4.78 is 6.56. The van der Waals surface area contributed by atoms with Crippen LogP contribution in [0.4, 0.5) is 0 Å². The lowest BCUT2D eigenvalue weighted by molar-refractivity contribution is 0.0467. The number of benzene rings is 1. The molecule has 0 aliphatic carbocycles. The minimum atomic E-state index is -0.434. The Balaban J connectivity index is 1.73. The largest absolute Gasteiger partial charge is 0.456 e. The fourth-order valence-corrected chi connectivity index (χ4v) is 3.20. The third-order valence-corrected chi connectivity index (χ3v) is 4.86. The number of ether oxygens (including phenoxy) is 1. The molecule has 3 rings (SSSR count). The van der Waals surface area contributed by atoms with Gasteiger partial charge in [0.1, 0.15) is 11.6 Å². The maximum absolute atomic E-state index is 12.2. The summed E-state index contributed by atoms with van der Waals surface area (Å²) in [4.78, 5) is 29.1. The van der Waals surface area contributed by atoms with Crippen LogP contribution >= 0.6 is 11.3 Å². The molecule has 0 fully saturated rings. The maximum Gasteiger partial charge on any atom is 0.338 e. The van der Waals surface area contributed by atoms with Crippen LogP contribution in [-0.2, 0) is 17.8 Å². The quantitative estimate of drug-likeness (QED) is 0.656. The number of carbonyl (C=O) groups is 1. The zero-order valence-electron chi connectivity index (χ0n) is 14.4. The van der Waals surface area contributed by atoms with Crippen molar-refractivity contribution in [2.24, 2.45) is 0 Å². The van der Waals surface area contributed by atoms with E-state index in [4.69, 9.17) is 4.74 Å². The van der Waals surface area contributed by atoms with Crippen LogP contribution in [0.1, 0.15) is 53.3 Å². The Morgan fingerprint density at radius 1 is 1.28 bits per heavy atom. The number of carbonyl (C=O) groups excluding carboxylic acids is 1. The highest BCUT2D eigenvalue weighted by Crippen LogP contribution is 2.16. The van der Waals surface area contributed by atoms with E-state index in [0.29, 0.717) is 22.1 Å². The third kappa shape index (κ3) is 3.76. The Kier molecular flexibility index (Phi) is 4.94. The number of esters is 1. The van der Waals surface area contributed by atoms with Crippen LogP contribution in [0.15, 0.2) is 35.1 Å². The summed E-state index contributed by atoms with van der Waals surface area (Å²) in [6.07, 6.45) is 0.740. The molecule has 0 aliphatic heterocycles. The third-order valence-electron chi connectivity index (χ3n) is 3.81. The molecule has 3 aromatic rings. The number of rotatable bonds is 5. The summed E-state index contributed by atoms with van der Waals surface area (Å²) in [7, 11) is 0. The van der Waals surface area contributed by atoms with Crippen LogP contribution in [0.5, 0.6) is 0 Å². The average Bonchev–Trinajstić information content (AvgIpc) is 3.03. The van der Waals surface area contributed by atoms with Gasteiger partial charge in [-0.2, -0.15) is 9.61 Å².